The Labute approximate surface area is 123 Å². The van der Waals surface area contributed by atoms with Gasteiger partial charge in [0.2, 0.25) is 0 Å². The van der Waals surface area contributed by atoms with Crippen molar-refractivity contribution in [1.82, 2.24) is 5.32 Å². The van der Waals surface area contributed by atoms with Crippen molar-refractivity contribution in [1.29, 1.82) is 5.26 Å². The third-order valence-electron chi connectivity index (χ3n) is 3.58. The van der Waals surface area contributed by atoms with Crippen molar-refractivity contribution in [3.8, 4) is 11.8 Å². The average molecular weight is 274 g/mol. The summed E-state index contributed by atoms with van der Waals surface area (Å²) >= 11 is 0. The summed E-state index contributed by atoms with van der Waals surface area (Å²) < 4.78 is 5.75. The van der Waals surface area contributed by atoms with Gasteiger partial charge in [-0.1, -0.05) is 13.0 Å². The smallest absolute Gasteiger partial charge is 0.119 e. The standard InChI is InChI=1S/C17H26N2O/c1-5-10-19-17(4,13-18)9-6-11-20-16-8-7-14(2)15(3)12-16/h7-8,12,19H,5-6,9-11H2,1-4H3. The normalized spacial score (nSPS) is 13.6. The average Bonchev–Trinajstić information content (AvgIpc) is 2.45. The third-order valence-corrected chi connectivity index (χ3v) is 3.58. The molecule has 1 N–H and O–H groups in total. The van der Waals surface area contributed by atoms with Crippen LogP contribution < -0.4 is 10.1 Å². The maximum atomic E-state index is 9.24. The molecule has 0 aromatic heterocycles. The van der Waals surface area contributed by atoms with Crippen LogP contribution >= 0.6 is 0 Å². The molecule has 110 valence electrons. The maximum absolute atomic E-state index is 9.24. The monoisotopic (exact) mass is 274 g/mol. The van der Waals surface area contributed by atoms with Crippen molar-refractivity contribution in [2.24, 2.45) is 0 Å². The van der Waals surface area contributed by atoms with Crippen LogP contribution in [-0.4, -0.2) is 18.7 Å². The largest absolute Gasteiger partial charge is 0.494 e. The predicted octanol–water partition coefficient (Wildman–Crippen LogP) is 3.74. The van der Waals surface area contributed by atoms with Gasteiger partial charge in [0.05, 0.1) is 12.7 Å². The van der Waals surface area contributed by atoms with Crippen LogP contribution in [0.2, 0.25) is 0 Å². The van der Waals surface area contributed by atoms with Crippen molar-refractivity contribution in [2.75, 3.05) is 13.2 Å². The van der Waals surface area contributed by atoms with Gasteiger partial charge in [-0.05, 0) is 69.8 Å². The Hall–Kier alpha value is -1.53. The second kappa shape index (κ2) is 7.91. The Morgan fingerprint density at radius 2 is 2.05 bits per heavy atom. The van der Waals surface area contributed by atoms with Gasteiger partial charge in [-0.15, -0.1) is 0 Å². The lowest BCUT2D eigenvalue weighted by Gasteiger charge is -2.23. The Morgan fingerprint density at radius 3 is 2.65 bits per heavy atom. The lowest BCUT2D eigenvalue weighted by atomic mass is 9.98. The molecule has 20 heavy (non-hydrogen) atoms. The summed E-state index contributed by atoms with van der Waals surface area (Å²) in [6.45, 7) is 9.77. The van der Waals surface area contributed by atoms with E-state index in [9.17, 15) is 5.26 Å². The molecule has 0 saturated heterocycles. The van der Waals surface area contributed by atoms with Gasteiger partial charge in [0.25, 0.3) is 0 Å². The lowest BCUT2D eigenvalue weighted by molar-refractivity contribution is 0.285. The number of benzene rings is 1. The van der Waals surface area contributed by atoms with Gasteiger partial charge in [0.15, 0.2) is 0 Å². The molecule has 0 aliphatic carbocycles. The van der Waals surface area contributed by atoms with Crippen LogP contribution in [0.4, 0.5) is 0 Å². The Balaban J connectivity index is 2.37. The third kappa shape index (κ3) is 5.22. The molecule has 0 bridgehead atoms. The zero-order valence-corrected chi connectivity index (χ0v) is 13.1. The minimum atomic E-state index is -0.442. The second-order valence-electron chi connectivity index (χ2n) is 5.57. The molecule has 1 atom stereocenters. The minimum absolute atomic E-state index is 0.442. The van der Waals surface area contributed by atoms with E-state index in [0.717, 1.165) is 31.6 Å². The molecule has 1 unspecified atom stereocenters. The highest BCUT2D eigenvalue weighted by Crippen LogP contribution is 2.17. The van der Waals surface area contributed by atoms with Gasteiger partial charge in [-0.3, -0.25) is 5.32 Å². The minimum Gasteiger partial charge on any atom is -0.494 e. The molecular weight excluding hydrogens is 248 g/mol. The van der Waals surface area contributed by atoms with Crippen LogP contribution in [0.5, 0.6) is 5.75 Å². The molecule has 0 aliphatic rings. The van der Waals surface area contributed by atoms with Gasteiger partial charge in [-0.25, -0.2) is 0 Å². The zero-order chi connectivity index (χ0) is 15.0. The fourth-order valence-electron chi connectivity index (χ4n) is 2.00. The van der Waals surface area contributed by atoms with E-state index in [0.29, 0.717) is 6.61 Å². The van der Waals surface area contributed by atoms with Crippen molar-refractivity contribution in [3.05, 3.63) is 29.3 Å². The Kier molecular flexibility index (Phi) is 6.54. The van der Waals surface area contributed by atoms with Crippen LogP contribution in [0.3, 0.4) is 0 Å². The van der Waals surface area contributed by atoms with Gasteiger partial charge in [-0.2, -0.15) is 5.26 Å². The number of rotatable bonds is 8. The summed E-state index contributed by atoms with van der Waals surface area (Å²) in [6.07, 6.45) is 2.71. The molecule has 3 nitrogen and oxygen atoms in total. The number of ether oxygens (including phenoxy) is 1. The van der Waals surface area contributed by atoms with Gasteiger partial charge in [0.1, 0.15) is 11.3 Å². The maximum Gasteiger partial charge on any atom is 0.119 e. The van der Waals surface area contributed by atoms with Crippen LogP contribution in [-0.2, 0) is 0 Å². The highest BCUT2D eigenvalue weighted by atomic mass is 16.5. The van der Waals surface area contributed by atoms with Crippen LogP contribution in [0.25, 0.3) is 0 Å². The molecule has 0 amide bonds. The van der Waals surface area contributed by atoms with E-state index in [1.807, 2.05) is 13.0 Å². The van der Waals surface area contributed by atoms with Crippen LogP contribution in [0.1, 0.15) is 44.2 Å². The molecular formula is C17H26N2O. The quantitative estimate of drug-likeness (QED) is 0.734. The van der Waals surface area contributed by atoms with Crippen molar-refractivity contribution >= 4 is 0 Å². The predicted molar refractivity (Wildman–Crippen MR) is 83.0 cm³/mol. The van der Waals surface area contributed by atoms with E-state index >= 15 is 0 Å². The number of nitriles is 1. The highest BCUT2D eigenvalue weighted by molar-refractivity contribution is 5.33. The first-order valence-corrected chi connectivity index (χ1v) is 7.37. The van der Waals surface area contributed by atoms with E-state index < -0.39 is 5.54 Å². The van der Waals surface area contributed by atoms with Gasteiger partial charge in [0, 0.05) is 0 Å². The first-order valence-electron chi connectivity index (χ1n) is 7.37. The molecule has 0 fully saturated rings. The topological polar surface area (TPSA) is 45.0 Å². The molecule has 1 rings (SSSR count). The fourth-order valence-corrected chi connectivity index (χ4v) is 2.00. The molecule has 0 aliphatic heterocycles. The first kappa shape index (κ1) is 16.5. The molecule has 0 radical (unpaired) electrons. The van der Waals surface area contributed by atoms with E-state index in [4.69, 9.17) is 4.74 Å². The Bertz CT molecular complexity index is 465. The van der Waals surface area contributed by atoms with E-state index in [1.54, 1.807) is 0 Å². The summed E-state index contributed by atoms with van der Waals surface area (Å²) in [7, 11) is 0. The van der Waals surface area contributed by atoms with Crippen molar-refractivity contribution in [3.63, 3.8) is 0 Å². The summed E-state index contributed by atoms with van der Waals surface area (Å²) in [5.74, 6) is 0.910. The number of nitrogens with zero attached hydrogens (tertiary/aromatic N) is 1. The van der Waals surface area contributed by atoms with E-state index in [2.05, 4.69) is 44.3 Å². The lowest BCUT2D eigenvalue weighted by Crippen LogP contribution is -2.41. The Morgan fingerprint density at radius 1 is 1.30 bits per heavy atom. The molecule has 1 aromatic rings. The van der Waals surface area contributed by atoms with Gasteiger partial charge < -0.3 is 4.74 Å². The summed E-state index contributed by atoms with van der Waals surface area (Å²) in [4.78, 5) is 0. The van der Waals surface area contributed by atoms with Crippen LogP contribution in [0.15, 0.2) is 18.2 Å². The highest BCUT2D eigenvalue weighted by Gasteiger charge is 2.21. The second-order valence-corrected chi connectivity index (χ2v) is 5.57. The SMILES string of the molecule is CCCNC(C)(C#N)CCCOc1ccc(C)c(C)c1. The molecule has 3 heteroatoms. The number of hydrogen-bond donors (Lipinski definition) is 1. The van der Waals surface area contributed by atoms with Crippen molar-refractivity contribution < 1.29 is 4.74 Å². The van der Waals surface area contributed by atoms with E-state index in [-0.39, 0.29) is 0 Å². The number of hydrogen-bond acceptors (Lipinski definition) is 3. The van der Waals surface area contributed by atoms with Crippen LogP contribution in [0, 0.1) is 25.2 Å². The summed E-state index contributed by atoms with van der Waals surface area (Å²) in [5.41, 5.74) is 2.08. The number of aryl methyl sites for hydroxylation is 2. The van der Waals surface area contributed by atoms with Gasteiger partial charge >= 0.3 is 0 Å². The first-order chi connectivity index (χ1) is 9.50. The molecule has 0 saturated carbocycles. The zero-order valence-electron chi connectivity index (χ0n) is 13.1. The van der Waals surface area contributed by atoms with E-state index in [1.165, 1.54) is 11.1 Å². The van der Waals surface area contributed by atoms with Crippen molar-refractivity contribution in [2.45, 2.75) is 52.5 Å². The molecule has 0 heterocycles. The summed E-state index contributed by atoms with van der Waals surface area (Å²) in [6, 6.07) is 8.50. The number of nitrogens with one attached hydrogen (secondary N) is 1. The molecule has 1 aromatic carbocycles. The summed E-state index contributed by atoms with van der Waals surface area (Å²) in [5, 5.41) is 12.5. The fraction of sp³-hybridized carbons (Fsp3) is 0.588. The molecule has 0 spiro atoms.